The van der Waals surface area contributed by atoms with E-state index in [1.54, 1.807) is 0 Å². The van der Waals surface area contributed by atoms with E-state index in [-0.39, 0.29) is 25.0 Å². The number of carbonyl (C=O) groups is 2. The molecule has 140 valence electrons. The van der Waals surface area contributed by atoms with Gasteiger partial charge in [0.25, 0.3) is 0 Å². The fourth-order valence-electron chi connectivity index (χ4n) is 4.12. The summed E-state index contributed by atoms with van der Waals surface area (Å²) in [5, 5.41) is 21.3. The first-order valence-electron chi connectivity index (χ1n) is 9.06. The molecule has 0 aliphatic heterocycles. The van der Waals surface area contributed by atoms with E-state index in [0.29, 0.717) is 6.42 Å². The monoisotopic (exact) mass is 367 g/mol. The van der Waals surface area contributed by atoms with E-state index < -0.39 is 24.1 Å². The molecule has 27 heavy (non-hydrogen) atoms. The van der Waals surface area contributed by atoms with E-state index >= 15 is 0 Å². The van der Waals surface area contributed by atoms with Crippen molar-refractivity contribution in [3.63, 3.8) is 0 Å². The highest BCUT2D eigenvalue weighted by Gasteiger charge is 2.42. The molecular weight excluding hydrogens is 346 g/mol. The maximum atomic E-state index is 12.2. The molecule has 3 N–H and O–H groups in total. The second-order valence-corrected chi connectivity index (χ2v) is 7.14. The summed E-state index contributed by atoms with van der Waals surface area (Å²) in [6, 6.07) is 15.8. The quantitative estimate of drug-likeness (QED) is 0.755. The summed E-state index contributed by atoms with van der Waals surface area (Å²) < 4.78 is 5.46. The molecule has 1 amide bonds. The molecule has 2 aliphatic carbocycles. The lowest BCUT2D eigenvalue weighted by molar-refractivity contribution is -0.142. The SMILES string of the molecule is O=C(O)CC1C(O)CC1NC(=O)OCC1c2ccccc2-c2ccccc21. The van der Waals surface area contributed by atoms with Crippen molar-refractivity contribution in [1.82, 2.24) is 5.32 Å². The Bertz CT molecular complexity index is 835. The van der Waals surface area contributed by atoms with E-state index in [1.165, 1.54) is 0 Å². The van der Waals surface area contributed by atoms with Crippen LogP contribution >= 0.6 is 0 Å². The number of carboxylic acid groups (broad SMARTS) is 1. The summed E-state index contributed by atoms with van der Waals surface area (Å²) in [6.45, 7) is 0.207. The number of hydrogen-bond donors (Lipinski definition) is 3. The Labute approximate surface area is 156 Å². The van der Waals surface area contributed by atoms with E-state index in [2.05, 4.69) is 17.4 Å². The molecule has 6 nitrogen and oxygen atoms in total. The van der Waals surface area contributed by atoms with Gasteiger partial charge in [0.1, 0.15) is 6.61 Å². The van der Waals surface area contributed by atoms with Gasteiger partial charge in [0.05, 0.1) is 12.5 Å². The summed E-state index contributed by atoms with van der Waals surface area (Å²) in [7, 11) is 0. The van der Waals surface area contributed by atoms with Gasteiger partial charge in [-0.15, -0.1) is 0 Å². The van der Waals surface area contributed by atoms with Crippen molar-refractivity contribution < 1.29 is 24.5 Å². The summed E-state index contributed by atoms with van der Waals surface area (Å²) >= 11 is 0. The molecule has 2 aromatic carbocycles. The van der Waals surface area contributed by atoms with Crippen LogP contribution in [0.15, 0.2) is 48.5 Å². The predicted molar refractivity (Wildman–Crippen MR) is 98.4 cm³/mol. The molecule has 0 saturated heterocycles. The van der Waals surface area contributed by atoms with Gasteiger partial charge >= 0.3 is 12.1 Å². The Morgan fingerprint density at radius 1 is 1.04 bits per heavy atom. The minimum absolute atomic E-state index is 0.0232. The number of aliphatic carboxylic acids is 1. The molecule has 2 aromatic rings. The minimum atomic E-state index is -0.988. The number of aliphatic hydroxyl groups is 1. The lowest BCUT2D eigenvalue weighted by Crippen LogP contribution is -2.56. The van der Waals surface area contributed by atoms with E-state index in [9.17, 15) is 14.7 Å². The number of alkyl carbamates (subject to hydrolysis) is 1. The molecule has 3 atom stereocenters. The molecule has 2 aliphatic rings. The molecule has 0 aromatic heterocycles. The fourth-order valence-corrected chi connectivity index (χ4v) is 4.12. The maximum Gasteiger partial charge on any atom is 0.407 e. The average Bonchev–Trinajstić information content (AvgIpc) is 2.98. The lowest BCUT2D eigenvalue weighted by Gasteiger charge is -2.40. The van der Waals surface area contributed by atoms with Crippen molar-refractivity contribution in [2.45, 2.75) is 30.9 Å². The van der Waals surface area contributed by atoms with Gasteiger partial charge < -0.3 is 20.3 Å². The van der Waals surface area contributed by atoms with Crippen LogP contribution in [0.1, 0.15) is 29.9 Å². The third-order valence-electron chi connectivity index (χ3n) is 5.56. The van der Waals surface area contributed by atoms with E-state index in [4.69, 9.17) is 9.84 Å². The van der Waals surface area contributed by atoms with Crippen LogP contribution in [0.5, 0.6) is 0 Å². The van der Waals surface area contributed by atoms with Crippen molar-refractivity contribution in [2.24, 2.45) is 5.92 Å². The summed E-state index contributed by atoms with van der Waals surface area (Å²) in [4.78, 5) is 23.1. The van der Waals surface area contributed by atoms with Crippen molar-refractivity contribution in [2.75, 3.05) is 6.61 Å². The first kappa shape index (κ1) is 17.5. The molecule has 4 rings (SSSR count). The first-order chi connectivity index (χ1) is 13.0. The van der Waals surface area contributed by atoms with Gasteiger partial charge in [0.15, 0.2) is 0 Å². The molecule has 1 fully saturated rings. The zero-order valence-electron chi connectivity index (χ0n) is 14.7. The smallest absolute Gasteiger partial charge is 0.407 e. The normalized spacial score (nSPS) is 23.1. The van der Waals surface area contributed by atoms with Crippen LogP contribution < -0.4 is 5.32 Å². The Balaban J connectivity index is 1.40. The number of nitrogens with one attached hydrogen (secondary N) is 1. The van der Waals surface area contributed by atoms with Crippen LogP contribution in [0, 0.1) is 5.92 Å². The summed E-state index contributed by atoms with van der Waals surface area (Å²) in [5.41, 5.74) is 4.58. The zero-order valence-corrected chi connectivity index (χ0v) is 14.7. The number of fused-ring (bicyclic) bond motifs is 3. The number of carbonyl (C=O) groups excluding carboxylic acids is 1. The number of rotatable bonds is 5. The zero-order chi connectivity index (χ0) is 19.0. The molecule has 0 spiro atoms. The van der Waals surface area contributed by atoms with Gasteiger partial charge in [-0.2, -0.15) is 0 Å². The highest BCUT2D eigenvalue weighted by Crippen LogP contribution is 2.44. The Kier molecular flexibility index (Phi) is 4.58. The van der Waals surface area contributed by atoms with E-state index in [0.717, 1.165) is 22.3 Å². The van der Waals surface area contributed by atoms with Crippen molar-refractivity contribution in [1.29, 1.82) is 0 Å². The minimum Gasteiger partial charge on any atom is -0.481 e. The van der Waals surface area contributed by atoms with Gasteiger partial charge in [-0.3, -0.25) is 4.79 Å². The molecular formula is C21H21NO5. The van der Waals surface area contributed by atoms with Crippen molar-refractivity contribution in [3.05, 3.63) is 59.7 Å². The largest absolute Gasteiger partial charge is 0.481 e. The van der Waals surface area contributed by atoms with Gasteiger partial charge in [0.2, 0.25) is 0 Å². The number of aliphatic hydroxyl groups excluding tert-OH is 1. The van der Waals surface area contributed by atoms with Crippen LogP contribution in [0.4, 0.5) is 4.79 Å². The highest BCUT2D eigenvalue weighted by atomic mass is 16.5. The third kappa shape index (κ3) is 3.28. The molecule has 6 heteroatoms. The topological polar surface area (TPSA) is 95.9 Å². The van der Waals surface area contributed by atoms with Gasteiger partial charge in [0, 0.05) is 17.9 Å². The molecule has 1 saturated carbocycles. The molecule has 0 bridgehead atoms. The number of benzene rings is 2. The van der Waals surface area contributed by atoms with Crippen molar-refractivity contribution in [3.8, 4) is 11.1 Å². The Morgan fingerprint density at radius 2 is 1.63 bits per heavy atom. The fraction of sp³-hybridized carbons (Fsp3) is 0.333. The molecule has 3 unspecified atom stereocenters. The van der Waals surface area contributed by atoms with Crippen LogP contribution in [0.3, 0.4) is 0 Å². The number of amides is 1. The first-order valence-corrected chi connectivity index (χ1v) is 9.06. The average molecular weight is 367 g/mol. The number of carboxylic acids is 1. The lowest BCUT2D eigenvalue weighted by atomic mass is 9.74. The van der Waals surface area contributed by atoms with Crippen molar-refractivity contribution >= 4 is 12.1 Å². The van der Waals surface area contributed by atoms with Crippen LogP contribution in [-0.2, 0) is 9.53 Å². The third-order valence-corrected chi connectivity index (χ3v) is 5.56. The van der Waals surface area contributed by atoms with Crippen LogP contribution in [0.2, 0.25) is 0 Å². The van der Waals surface area contributed by atoms with Gasteiger partial charge in [-0.25, -0.2) is 4.79 Å². The number of ether oxygens (including phenoxy) is 1. The maximum absolute atomic E-state index is 12.2. The number of hydrogen-bond acceptors (Lipinski definition) is 4. The highest BCUT2D eigenvalue weighted by molar-refractivity contribution is 5.79. The van der Waals surface area contributed by atoms with Crippen LogP contribution in [0.25, 0.3) is 11.1 Å². The Hall–Kier alpha value is -2.86. The summed E-state index contributed by atoms with van der Waals surface area (Å²) in [5.74, 6) is -1.48. The standard InChI is InChI=1S/C21H21NO5/c23-19-10-18(16(19)9-20(24)25)22-21(26)27-11-17-14-7-3-1-5-12(14)13-6-2-4-8-15(13)17/h1-8,16-19,23H,9-11H2,(H,22,26)(H,24,25). The van der Waals surface area contributed by atoms with E-state index in [1.807, 2.05) is 36.4 Å². The second-order valence-electron chi connectivity index (χ2n) is 7.14. The summed E-state index contributed by atoms with van der Waals surface area (Å²) in [6.07, 6.45) is -1.10. The Morgan fingerprint density at radius 3 is 2.19 bits per heavy atom. The van der Waals surface area contributed by atoms with Crippen LogP contribution in [-0.4, -0.2) is 41.0 Å². The predicted octanol–water partition coefficient (Wildman–Crippen LogP) is 2.75. The molecule has 0 radical (unpaired) electrons. The van der Waals surface area contributed by atoms with Gasteiger partial charge in [-0.1, -0.05) is 48.5 Å². The second kappa shape index (κ2) is 7.04. The van der Waals surface area contributed by atoms with Gasteiger partial charge in [-0.05, 0) is 28.7 Å². The molecule has 0 heterocycles.